The summed E-state index contributed by atoms with van der Waals surface area (Å²) in [5.41, 5.74) is 0. The molecule has 0 rings (SSSR count). The van der Waals surface area contributed by atoms with Gasteiger partial charge in [0.05, 0.1) is 26.4 Å². The summed E-state index contributed by atoms with van der Waals surface area (Å²) in [7, 11) is 1.23. The van der Waals surface area contributed by atoms with E-state index in [9.17, 15) is 19.2 Å². The predicted molar refractivity (Wildman–Crippen MR) is 51.2 cm³/mol. The Morgan fingerprint density at radius 1 is 0.933 bits per heavy atom. The number of rotatable bonds is 7. The fraction of sp³-hybridized carbons (Fsp3) is 0.600. The molecular formula is C10H14O5. The van der Waals surface area contributed by atoms with Gasteiger partial charge in [-0.15, -0.1) is 0 Å². The molecule has 0 bridgehead atoms. The average Bonchev–Trinajstić information content (AvgIpc) is 2.12. The lowest BCUT2D eigenvalue weighted by Crippen LogP contribution is -2.12. The van der Waals surface area contributed by atoms with Gasteiger partial charge in [-0.25, -0.2) is 0 Å². The van der Waals surface area contributed by atoms with Crippen LogP contribution in [0.3, 0.4) is 0 Å². The second-order valence-corrected chi connectivity index (χ2v) is 3.21. The van der Waals surface area contributed by atoms with E-state index < -0.39 is 11.8 Å². The molecule has 0 aromatic rings. The Hall–Kier alpha value is -1.52. The molecular weight excluding hydrogens is 200 g/mol. The first-order valence-corrected chi connectivity index (χ1v) is 4.55. The Labute approximate surface area is 87.8 Å². The van der Waals surface area contributed by atoms with Crippen LogP contribution >= 0.6 is 0 Å². The van der Waals surface area contributed by atoms with E-state index in [4.69, 9.17) is 0 Å². The first-order chi connectivity index (χ1) is 6.95. The number of esters is 1. The number of hydrogen-bond donors (Lipinski definition) is 0. The predicted octanol–water partition coefficient (Wildman–Crippen LogP) is 0.447. The molecule has 0 N–H and O–H groups in total. The number of Topliss-reactive ketones (excluding diaryl/α,β-unsaturated/α-hetero) is 3. The maximum absolute atomic E-state index is 11.1. The quantitative estimate of drug-likeness (QED) is 0.454. The zero-order valence-corrected chi connectivity index (χ0v) is 8.87. The molecule has 0 aromatic carbocycles. The minimum Gasteiger partial charge on any atom is -0.469 e. The van der Waals surface area contributed by atoms with Crippen molar-refractivity contribution in [2.24, 2.45) is 0 Å². The van der Waals surface area contributed by atoms with Gasteiger partial charge in [-0.1, -0.05) is 0 Å². The summed E-state index contributed by atoms with van der Waals surface area (Å²) in [6.45, 7) is 1.29. The van der Waals surface area contributed by atoms with Crippen molar-refractivity contribution in [3.63, 3.8) is 0 Å². The van der Waals surface area contributed by atoms with Crippen molar-refractivity contribution in [1.29, 1.82) is 0 Å². The topological polar surface area (TPSA) is 77.5 Å². The summed E-state index contributed by atoms with van der Waals surface area (Å²) in [6.07, 6.45) is -0.542. The summed E-state index contributed by atoms with van der Waals surface area (Å²) < 4.78 is 4.34. The van der Waals surface area contributed by atoms with Crippen molar-refractivity contribution in [1.82, 2.24) is 0 Å². The highest BCUT2D eigenvalue weighted by atomic mass is 16.5. The van der Waals surface area contributed by atoms with E-state index in [2.05, 4.69) is 4.74 Å². The van der Waals surface area contributed by atoms with E-state index in [-0.39, 0.29) is 37.2 Å². The lowest BCUT2D eigenvalue weighted by atomic mass is 10.1. The Morgan fingerprint density at radius 3 is 2.00 bits per heavy atom. The molecule has 0 heterocycles. The highest BCUT2D eigenvalue weighted by molar-refractivity contribution is 6.06. The molecule has 5 nitrogen and oxygen atoms in total. The second kappa shape index (κ2) is 6.86. The minimum atomic E-state index is -0.484. The zero-order chi connectivity index (χ0) is 11.8. The van der Waals surface area contributed by atoms with Crippen LogP contribution in [-0.2, 0) is 23.9 Å². The molecule has 84 valence electrons. The Balaban J connectivity index is 3.79. The highest BCUT2D eigenvalue weighted by Gasteiger charge is 2.12. The molecule has 0 amide bonds. The Morgan fingerprint density at radius 2 is 1.53 bits per heavy atom. The lowest BCUT2D eigenvalue weighted by molar-refractivity contribution is -0.142. The molecule has 0 fully saturated rings. The van der Waals surface area contributed by atoms with Crippen molar-refractivity contribution in [3.05, 3.63) is 0 Å². The number of carbonyl (C=O) groups is 4. The molecule has 15 heavy (non-hydrogen) atoms. The summed E-state index contributed by atoms with van der Waals surface area (Å²) in [5.74, 6) is -1.49. The summed E-state index contributed by atoms with van der Waals surface area (Å²) in [6, 6.07) is 0. The molecule has 0 atom stereocenters. The number of carbonyl (C=O) groups excluding carboxylic acids is 4. The smallest absolute Gasteiger partial charge is 0.305 e. The number of methoxy groups -OCH3 is 1. The lowest BCUT2D eigenvalue weighted by Gasteiger charge is -1.99. The number of hydrogen-bond acceptors (Lipinski definition) is 5. The molecule has 0 aliphatic rings. The van der Waals surface area contributed by atoms with Crippen LogP contribution in [0.25, 0.3) is 0 Å². The van der Waals surface area contributed by atoms with Crippen LogP contribution in [0.15, 0.2) is 0 Å². The summed E-state index contributed by atoms with van der Waals surface area (Å²) in [5, 5.41) is 0. The van der Waals surface area contributed by atoms with Gasteiger partial charge in [0.15, 0.2) is 0 Å². The SMILES string of the molecule is COC(=O)CCC(=O)CC(=O)CC(C)=O. The minimum absolute atomic E-state index is 0.0175. The molecule has 0 saturated heterocycles. The fourth-order valence-corrected chi connectivity index (χ4v) is 0.992. The summed E-state index contributed by atoms with van der Waals surface area (Å²) in [4.78, 5) is 43.3. The van der Waals surface area contributed by atoms with Gasteiger partial charge in [0.25, 0.3) is 0 Å². The fourth-order valence-electron chi connectivity index (χ4n) is 0.992. The second-order valence-electron chi connectivity index (χ2n) is 3.21. The highest BCUT2D eigenvalue weighted by Crippen LogP contribution is 2.00. The van der Waals surface area contributed by atoms with Gasteiger partial charge in [0, 0.05) is 6.42 Å². The van der Waals surface area contributed by atoms with Crippen LogP contribution in [0.1, 0.15) is 32.6 Å². The molecule has 5 heteroatoms. The van der Waals surface area contributed by atoms with Gasteiger partial charge in [-0.3, -0.25) is 19.2 Å². The van der Waals surface area contributed by atoms with Crippen molar-refractivity contribution in [2.45, 2.75) is 32.6 Å². The molecule has 0 radical (unpaired) electrons. The average molecular weight is 214 g/mol. The number of ketones is 3. The standard InChI is InChI=1S/C10H14O5/c1-7(11)5-9(13)6-8(12)3-4-10(14)15-2/h3-6H2,1-2H3. The molecule has 0 aromatic heterocycles. The maximum atomic E-state index is 11.1. The first-order valence-electron chi connectivity index (χ1n) is 4.55. The molecule has 0 unspecified atom stereocenters. The van der Waals surface area contributed by atoms with Crippen LogP contribution in [0, 0.1) is 0 Å². The van der Waals surface area contributed by atoms with Gasteiger partial charge >= 0.3 is 5.97 Å². The molecule has 0 spiro atoms. The normalized spacial score (nSPS) is 9.47. The zero-order valence-electron chi connectivity index (χ0n) is 8.87. The van der Waals surface area contributed by atoms with Gasteiger partial charge in [-0.2, -0.15) is 0 Å². The third-order valence-corrected chi connectivity index (χ3v) is 1.68. The Kier molecular flexibility index (Phi) is 6.17. The molecule has 0 aliphatic heterocycles. The van der Waals surface area contributed by atoms with Crippen LogP contribution < -0.4 is 0 Å². The van der Waals surface area contributed by atoms with Crippen LogP contribution in [0.5, 0.6) is 0 Å². The van der Waals surface area contributed by atoms with E-state index in [1.54, 1.807) is 0 Å². The van der Waals surface area contributed by atoms with Crippen LogP contribution in [-0.4, -0.2) is 30.4 Å². The summed E-state index contributed by atoms with van der Waals surface area (Å²) >= 11 is 0. The van der Waals surface area contributed by atoms with E-state index >= 15 is 0 Å². The van der Waals surface area contributed by atoms with Gasteiger partial charge in [0.2, 0.25) is 0 Å². The van der Waals surface area contributed by atoms with Crippen LogP contribution in [0.4, 0.5) is 0 Å². The van der Waals surface area contributed by atoms with Gasteiger partial charge in [-0.05, 0) is 6.92 Å². The van der Waals surface area contributed by atoms with E-state index in [1.807, 2.05) is 0 Å². The maximum Gasteiger partial charge on any atom is 0.305 e. The molecule has 0 aliphatic carbocycles. The van der Waals surface area contributed by atoms with E-state index in [1.165, 1.54) is 14.0 Å². The van der Waals surface area contributed by atoms with Crippen molar-refractivity contribution < 1.29 is 23.9 Å². The third-order valence-electron chi connectivity index (χ3n) is 1.68. The van der Waals surface area contributed by atoms with Gasteiger partial charge < -0.3 is 4.74 Å². The van der Waals surface area contributed by atoms with E-state index in [0.29, 0.717) is 0 Å². The van der Waals surface area contributed by atoms with Crippen molar-refractivity contribution >= 4 is 23.3 Å². The number of ether oxygens (including phenoxy) is 1. The van der Waals surface area contributed by atoms with Gasteiger partial charge in [0.1, 0.15) is 17.3 Å². The largest absolute Gasteiger partial charge is 0.469 e. The monoisotopic (exact) mass is 214 g/mol. The van der Waals surface area contributed by atoms with Crippen LogP contribution in [0.2, 0.25) is 0 Å². The van der Waals surface area contributed by atoms with E-state index in [0.717, 1.165) is 0 Å². The molecule has 0 saturated carbocycles. The van der Waals surface area contributed by atoms with Crippen molar-refractivity contribution in [2.75, 3.05) is 7.11 Å². The first kappa shape index (κ1) is 13.5. The van der Waals surface area contributed by atoms with Crippen molar-refractivity contribution in [3.8, 4) is 0 Å². The Bertz CT molecular complexity index is 280. The third kappa shape index (κ3) is 7.54.